The van der Waals surface area contributed by atoms with Gasteiger partial charge in [-0.1, -0.05) is 43.3 Å². The molecule has 0 saturated heterocycles. The number of nitrogens with one attached hydrogen (secondary N) is 1. The Morgan fingerprint density at radius 3 is 2.59 bits per heavy atom. The fourth-order valence-electron chi connectivity index (χ4n) is 2.80. The lowest BCUT2D eigenvalue weighted by atomic mass is 9.92. The molecule has 2 heteroatoms. The molecule has 2 aromatic carbocycles. The van der Waals surface area contributed by atoms with Crippen molar-refractivity contribution in [3.63, 3.8) is 0 Å². The molecule has 118 valence electrons. The summed E-state index contributed by atoms with van der Waals surface area (Å²) in [6, 6.07) is 15.0. The van der Waals surface area contributed by atoms with Gasteiger partial charge in [0.1, 0.15) is 12.4 Å². The highest BCUT2D eigenvalue weighted by molar-refractivity contribution is 5.37. The number of hydrogen-bond acceptors (Lipinski definition) is 2. The minimum atomic E-state index is 0.531. The van der Waals surface area contributed by atoms with Crippen LogP contribution >= 0.6 is 0 Å². The maximum atomic E-state index is 6.10. The Kier molecular flexibility index (Phi) is 6.02. The molecule has 0 aromatic heterocycles. The molecule has 0 amide bonds. The molecule has 0 heterocycles. The van der Waals surface area contributed by atoms with Gasteiger partial charge < -0.3 is 10.1 Å². The van der Waals surface area contributed by atoms with Crippen LogP contribution in [0.25, 0.3) is 0 Å². The molecule has 0 radical (unpaired) electrons. The average molecular weight is 297 g/mol. The van der Waals surface area contributed by atoms with Crippen LogP contribution in [0.1, 0.15) is 41.5 Å². The molecule has 1 unspecified atom stereocenters. The number of benzene rings is 2. The lowest BCUT2D eigenvalue weighted by Gasteiger charge is -2.19. The van der Waals surface area contributed by atoms with E-state index >= 15 is 0 Å². The largest absolute Gasteiger partial charge is 0.489 e. The number of likely N-dealkylation sites (N-methyl/N-ethyl adjacent to an activating group) is 1. The summed E-state index contributed by atoms with van der Waals surface area (Å²) in [7, 11) is 2.01. The van der Waals surface area contributed by atoms with Gasteiger partial charge in [0.05, 0.1) is 0 Å². The number of hydrogen-bond donors (Lipinski definition) is 1. The molecule has 1 atom stereocenters. The minimum absolute atomic E-state index is 0.531. The van der Waals surface area contributed by atoms with Crippen molar-refractivity contribution < 1.29 is 4.74 Å². The Hall–Kier alpha value is -1.80. The maximum absolute atomic E-state index is 6.10. The summed E-state index contributed by atoms with van der Waals surface area (Å²) in [5.41, 5.74) is 5.09. The Bertz CT molecular complexity index is 606. The number of rotatable bonds is 7. The monoisotopic (exact) mass is 297 g/mol. The summed E-state index contributed by atoms with van der Waals surface area (Å²) in [5, 5.41) is 3.29. The SMILES string of the molecule is CCC(CNC)c1ccccc1COc1cc(C)ccc1C. The van der Waals surface area contributed by atoms with Gasteiger partial charge in [-0.05, 0) is 61.6 Å². The normalized spacial score (nSPS) is 12.2. The van der Waals surface area contributed by atoms with Crippen molar-refractivity contribution in [3.05, 3.63) is 64.7 Å². The first kappa shape index (κ1) is 16.6. The molecule has 2 nitrogen and oxygen atoms in total. The van der Waals surface area contributed by atoms with Crippen LogP contribution in [0.15, 0.2) is 42.5 Å². The topological polar surface area (TPSA) is 21.3 Å². The second kappa shape index (κ2) is 8.00. The molecule has 0 fully saturated rings. The number of aryl methyl sites for hydroxylation is 2. The molecule has 1 N–H and O–H groups in total. The Balaban J connectivity index is 2.17. The first-order valence-electron chi connectivity index (χ1n) is 8.08. The van der Waals surface area contributed by atoms with Gasteiger partial charge in [0.25, 0.3) is 0 Å². The molecule has 0 aliphatic rings. The van der Waals surface area contributed by atoms with E-state index in [1.54, 1.807) is 0 Å². The zero-order valence-electron chi connectivity index (χ0n) is 14.1. The van der Waals surface area contributed by atoms with Crippen LogP contribution in [0.3, 0.4) is 0 Å². The van der Waals surface area contributed by atoms with Gasteiger partial charge in [0.2, 0.25) is 0 Å². The van der Waals surface area contributed by atoms with E-state index in [0.29, 0.717) is 12.5 Å². The van der Waals surface area contributed by atoms with Crippen LogP contribution in [0.2, 0.25) is 0 Å². The van der Waals surface area contributed by atoms with Gasteiger partial charge in [0, 0.05) is 6.54 Å². The van der Waals surface area contributed by atoms with Gasteiger partial charge in [-0.3, -0.25) is 0 Å². The molecular weight excluding hydrogens is 270 g/mol. The summed E-state index contributed by atoms with van der Waals surface area (Å²) in [6.45, 7) is 8.05. The third-order valence-electron chi connectivity index (χ3n) is 4.17. The van der Waals surface area contributed by atoms with Crippen LogP contribution in [0.4, 0.5) is 0 Å². The molecule has 0 spiro atoms. The predicted molar refractivity (Wildman–Crippen MR) is 93.6 cm³/mol. The molecule has 2 rings (SSSR count). The fourth-order valence-corrected chi connectivity index (χ4v) is 2.80. The highest BCUT2D eigenvalue weighted by atomic mass is 16.5. The smallest absolute Gasteiger partial charge is 0.122 e. The third-order valence-corrected chi connectivity index (χ3v) is 4.17. The van der Waals surface area contributed by atoms with Gasteiger partial charge in [-0.2, -0.15) is 0 Å². The standard InChI is InChI=1S/C20H27NO/c1-5-17(13-21-4)19-9-7-6-8-18(19)14-22-20-12-15(2)10-11-16(20)3/h6-12,17,21H,5,13-14H2,1-4H3. The van der Waals surface area contributed by atoms with Gasteiger partial charge >= 0.3 is 0 Å². The van der Waals surface area contributed by atoms with E-state index in [9.17, 15) is 0 Å². The zero-order valence-corrected chi connectivity index (χ0v) is 14.1. The summed E-state index contributed by atoms with van der Waals surface area (Å²) in [4.78, 5) is 0. The number of ether oxygens (including phenoxy) is 1. The predicted octanol–water partition coefficient (Wildman–Crippen LogP) is 4.60. The molecule has 2 aromatic rings. The second-order valence-electron chi connectivity index (χ2n) is 5.92. The van der Waals surface area contributed by atoms with E-state index in [0.717, 1.165) is 18.7 Å². The van der Waals surface area contributed by atoms with E-state index in [1.165, 1.54) is 22.3 Å². The van der Waals surface area contributed by atoms with Crippen LogP contribution in [0, 0.1) is 13.8 Å². The Labute approximate surface area is 134 Å². The van der Waals surface area contributed by atoms with Crippen molar-refractivity contribution in [1.82, 2.24) is 5.32 Å². The van der Waals surface area contributed by atoms with Crippen LogP contribution in [0.5, 0.6) is 5.75 Å². The quantitative estimate of drug-likeness (QED) is 0.806. The highest BCUT2D eigenvalue weighted by Crippen LogP contribution is 2.25. The van der Waals surface area contributed by atoms with Gasteiger partial charge in [-0.15, -0.1) is 0 Å². The Morgan fingerprint density at radius 1 is 1.09 bits per heavy atom. The second-order valence-corrected chi connectivity index (χ2v) is 5.92. The average Bonchev–Trinajstić information content (AvgIpc) is 2.54. The van der Waals surface area contributed by atoms with Crippen LogP contribution in [-0.4, -0.2) is 13.6 Å². The summed E-state index contributed by atoms with van der Waals surface area (Å²) < 4.78 is 6.10. The first-order valence-corrected chi connectivity index (χ1v) is 8.08. The van der Waals surface area contributed by atoms with E-state index in [-0.39, 0.29) is 0 Å². The zero-order chi connectivity index (χ0) is 15.9. The lowest BCUT2D eigenvalue weighted by Crippen LogP contribution is -2.18. The summed E-state index contributed by atoms with van der Waals surface area (Å²) in [5.74, 6) is 1.51. The fraction of sp³-hybridized carbons (Fsp3) is 0.400. The maximum Gasteiger partial charge on any atom is 0.122 e. The van der Waals surface area contributed by atoms with E-state index < -0.39 is 0 Å². The molecule has 0 bridgehead atoms. The third kappa shape index (κ3) is 4.11. The molecule has 0 aliphatic carbocycles. The summed E-state index contributed by atoms with van der Waals surface area (Å²) >= 11 is 0. The van der Waals surface area contributed by atoms with Crippen molar-refractivity contribution >= 4 is 0 Å². The van der Waals surface area contributed by atoms with Gasteiger partial charge in [0.15, 0.2) is 0 Å². The summed E-state index contributed by atoms with van der Waals surface area (Å²) in [6.07, 6.45) is 1.13. The van der Waals surface area contributed by atoms with Crippen molar-refractivity contribution in [1.29, 1.82) is 0 Å². The lowest BCUT2D eigenvalue weighted by molar-refractivity contribution is 0.301. The first-order chi connectivity index (χ1) is 10.7. The minimum Gasteiger partial charge on any atom is -0.489 e. The van der Waals surface area contributed by atoms with Crippen molar-refractivity contribution in [2.75, 3.05) is 13.6 Å². The van der Waals surface area contributed by atoms with Crippen molar-refractivity contribution in [2.45, 2.75) is 39.7 Å². The van der Waals surface area contributed by atoms with E-state index in [1.807, 2.05) is 7.05 Å². The molecule has 0 aliphatic heterocycles. The molecular formula is C20H27NO. The van der Waals surface area contributed by atoms with Gasteiger partial charge in [-0.25, -0.2) is 0 Å². The van der Waals surface area contributed by atoms with E-state index in [4.69, 9.17) is 4.74 Å². The van der Waals surface area contributed by atoms with Crippen molar-refractivity contribution in [2.24, 2.45) is 0 Å². The van der Waals surface area contributed by atoms with E-state index in [2.05, 4.69) is 68.6 Å². The van der Waals surface area contributed by atoms with Crippen LogP contribution < -0.4 is 10.1 Å². The Morgan fingerprint density at radius 2 is 1.86 bits per heavy atom. The molecule has 22 heavy (non-hydrogen) atoms. The van der Waals surface area contributed by atoms with Crippen LogP contribution in [-0.2, 0) is 6.61 Å². The molecule has 0 saturated carbocycles. The highest BCUT2D eigenvalue weighted by Gasteiger charge is 2.13. The van der Waals surface area contributed by atoms with Crippen molar-refractivity contribution in [3.8, 4) is 5.75 Å².